The number of phosphoric acid groups is 1. The first-order chi connectivity index (χ1) is 15.2. The van der Waals surface area contributed by atoms with Crippen molar-refractivity contribution < 1.29 is 17.7 Å². The van der Waals surface area contributed by atoms with Crippen LogP contribution in [0.2, 0.25) is 0 Å². The van der Waals surface area contributed by atoms with Crippen molar-refractivity contribution in [2.75, 3.05) is 0 Å². The van der Waals surface area contributed by atoms with E-state index in [4.69, 9.17) is 25.0 Å². The summed E-state index contributed by atoms with van der Waals surface area (Å²) in [5.41, 5.74) is 2.43. The van der Waals surface area contributed by atoms with Gasteiger partial charge in [-0.1, -0.05) is 215 Å². The van der Waals surface area contributed by atoms with E-state index in [1.165, 1.54) is 0 Å². The van der Waals surface area contributed by atoms with Gasteiger partial charge in [0.1, 0.15) is 11.5 Å². The Hall–Kier alpha value is 4.28. The molecule has 0 radical (unpaired) electrons. The molecule has 0 spiro atoms. The number of hydrogen-bond acceptors (Lipinski definition) is 4. The molecule has 4 nitrogen and oxygen atoms in total. The Morgan fingerprint density at radius 1 is 0.588 bits per heavy atom. The monoisotopic (exact) mass is 1270 g/mol. The number of halogens is 13. The van der Waals surface area contributed by atoms with Crippen molar-refractivity contribution in [2.24, 2.45) is 0 Å². The van der Waals surface area contributed by atoms with Crippen LogP contribution in [-0.4, -0.2) is 0 Å². The second-order valence-corrected chi connectivity index (χ2v) is 35.0. The summed E-state index contributed by atoms with van der Waals surface area (Å²) < 4.78 is 26.6. The fourth-order valence-electron chi connectivity index (χ4n) is 2.30. The highest BCUT2D eigenvalue weighted by Gasteiger charge is 2.39. The summed E-state index contributed by atoms with van der Waals surface area (Å²) in [7, 11) is -4.43. The lowest BCUT2D eigenvalue weighted by molar-refractivity contribution is 0.306. The molecule has 0 amide bonds. The van der Waals surface area contributed by atoms with Crippen molar-refractivity contribution in [3.05, 3.63) is 58.7 Å². The highest BCUT2D eigenvalue weighted by Crippen LogP contribution is 2.59. The molecular formula is C16H6Br12ClO4P. The molecule has 2 rings (SSSR count). The van der Waals surface area contributed by atoms with Crippen LogP contribution >= 0.6 is 211 Å². The molecule has 2 aromatic rings. The van der Waals surface area contributed by atoms with E-state index >= 15 is 0 Å². The molecule has 0 saturated carbocycles. The van der Waals surface area contributed by atoms with Crippen LogP contribution in [-0.2, 0) is 17.2 Å². The first-order valence-corrected chi connectivity index (χ1v) is 19.3. The molecule has 0 aliphatic rings. The van der Waals surface area contributed by atoms with Crippen molar-refractivity contribution >= 4 is 211 Å². The Morgan fingerprint density at radius 2 is 0.912 bits per heavy atom. The molecule has 190 valence electrons. The second kappa shape index (κ2) is 13.1. The van der Waals surface area contributed by atoms with Crippen molar-refractivity contribution in [3.63, 3.8) is 0 Å². The summed E-state index contributed by atoms with van der Waals surface area (Å²) in [5.74, 6) is 0.289. The van der Waals surface area contributed by atoms with E-state index in [1.54, 1.807) is 24.3 Å². The topological polar surface area (TPSA) is 44.8 Å². The Labute approximate surface area is 302 Å². The maximum absolute atomic E-state index is 13.6. The van der Waals surface area contributed by atoms with Crippen LogP contribution in [0.5, 0.6) is 11.5 Å². The van der Waals surface area contributed by atoms with Gasteiger partial charge in [0.05, 0.1) is 11.9 Å². The van der Waals surface area contributed by atoms with Crippen LogP contribution in [0.15, 0.2) is 36.4 Å². The van der Waals surface area contributed by atoms with Gasteiger partial charge in [-0.3, -0.25) is 0 Å². The SMILES string of the molecule is O=P(OCl)(Oc1cc(C(Br)(Br)Br)ccc1C(Br)(Br)Br)Oc1cc(C(Br)(Br)Br)ccc1C(Br)(Br)Br. The minimum atomic E-state index is -4.43. The van der Waals surface area contributed by atoms with Gasteiger partial charge in [0.2, 0.25) is 0 Å². The van der Waals surface area contributed by atoms with Crippen molar-refractivity contribution in [3.8, 4) is 11.5 Å². The zero-order valence-corrected chi connectivity index (χ0v) is 36.1. The van der Waals surface area contributed by atoms with Gasteiger partial charge in [0, 0.05) is 11.1 Å². The van der Waals surface area contributed by atoms with Crippen molar-refractivity contribution in [1.29, 1.82) is 0 Å². The largest absolute Gasteiger partial charge is 0.604 e. The minimum absolute atomic E-state index is 0.145. The zero-order valence-electron chi connectivity index (χ0n) is 15.5. The van der Waals surface area contributed by atoms with Gasteiger partial charge >= 0.3 is 7.82 Å². The molecule has 0 unspecified atom stereocenters. The molecule has 0 fully saturated rings. The number of hydrogen-bond donors (Lipinski definition) is 0. The summed E-state index contributed by atoms with van der Waals surface area (Å²) in [6.07, 6.45) is 0. The molecule has 0 saturated heterocycles. The number of phosphoric ester groups is 1. The summed E-state index contributed by atoms with van der Waals surface area (Å²) in [4.78, 5) is 0. The molecule has 0 N–H and O–H groups in total. The van der Waals surface area contributed by atoms with Crippen LogP contribution in [0.1, 0.15) is 22.3 Å². The van der Waals surface area contributed by atoms with Crippen LogP contribution in [0.25, 0.3) is 0 Å². The Bertz CT molecular complexity index is 1010. The van der Waals surface area contributed by atoms with Crippen molar-refractivity contribution in [2.45, 2.75) is 8.57 Å². The maximum Gasteiger partial charge on any atom is 0.604 e. The predicted octanol–water partition coefficient (Wildman–Crippen LogP) is 13.6. The van der Waals surface area contributed by atoms with Crippen LogP contribution in [0.3, 0.4) is 0 Å². The fraction of sp³-hybridized carbons (Fsp3) is 0.250. The second-order valence-electron chi connectivity index (χ2n) is 6.11. The number of rotatable bonds is 5. The van der Waals surface area contributed by atoms with E-state index < -0.39 is 16.4 Å². The number of benzene rings is 2. The summed E-state index contributed by atoms with van der Waals surface area (Å²) in [6.45, 7) is 0. The fourth-order valence-corrected chi connectivity index (χ4v) is 6.80. The van der Waals surface area contributed by atoms with Crippen LogP contribution in [0.4, 0.5) is 0 Å². The predicted molar refractivity (Wildman–Crippen MR) is 183 cm³/mol. The van der Waals surface area contributed by atoms with Gasteiger partial charge in [-0.15, -0.1) is 0 Å². The van der Waals surface area contributed by atoms with Gasteiger partial charge in [-0.05, 0) is 23.3 Å². The van der Waals surface area contributed by atoms with Gasteiger partial charge in [-0.2, -0.15) is 4.08 Å². The first kappa shape index (κ1) is 34.5. The summed E-state index contributed by atoms with van der Waals surface area (Å²) in [6, 6.07) is 10.3. The highest BCUT2D eigenvalue weighted by atomic mass is 80.0. The normalized spacial score (nSPS) is 13.7. The molecule has 2 aromatic carbocycles. The summed E-state index contributed by atoms with van der Waals surface area (Å²) >= 11 is 47.2. The van der Waals surface area contributed by atoms with E-state index in [-0.39, 0.29) is 11.5 Å². The molecule has 0 aliphatic carbocycles. The van der Waals surface area contributed by atoms with Crippen LogP contribution in [0, 0.1) is 0 Å². The van der Waals surface area contributed by atoms with Gasteiger partial charge < -0.3 is 9.05 Å². The third kappa shape index (κ3) is 9.98. The minimum Gasteiger partial charge on any atom is -0.394 e. The third-order valence-corrected chi connectivity index (χ3v) is 10.6. The average molecular weight is 1290 g/mol. The molecule has 34 heavy (non-hydrogen) atoms. The van der Waals surface area contributed by atoms with Gasteiger partial charge in [-0.25, -0.2) is 4.57 Å². The standard InChI is InChI=1S/C16H6Br12ClO4P/c17-13(18,19)7-1-3-9(15(23,24)25)11(5-7)31-34(30,33-29)32-12-6-8(14(20,21)22)2-4-10(12)16(26,27)28/h1-6H. The van der Waals surface area contributed by atoms with E-state index in [0.717, 1.165) is 0 Å². The Kier molecular flexibility index (Phi) is 13.3. The first-order valence-electron chi connectivity index (χ1n) is 8.04. The van der Waals surface area contributed by atoms with Crippen molar-refractivity contribution in [1.82, 2.24) is 0 Å². The number of alkyl halides is 12. The van der Waals surface area contributed by atoms with E-state index in [0.29, 0.717) is 22.3 Å². The Balaban J connectivity index is 2.63. The highest BCUT2D eigenvalue weighted by molar-refractivity contribution is 9.39. The lowest BCUT2D eigenvalue weighted by atomic mass is 10.1. The lowest BCUT2D eigenvalue weighted by Gasteiger charge is -2.25. The zero-order chi connectivity index (χ0) is 26.3. The molecule has 0 atom stereocenters. The molecule has 0 heterocycles. The average Bonchev–Trinajstić information content (AvgIpc) is 2.64. The quantitative estimate of drug-likeness (QED) is 0.221. The van der Waals surface area contributed by atoms with Crippen LogP contribution < -0.4 is 9.05 Å². The van der Waals surface area contributed by atoms with E-state index in [9.17, 15) is 4.57 Å². The Morgan fingerprint density at radius 3 is 1.15 bits per heavy atom. The maximum atomic E-state index is 13.6. The molecule has 0 bridgehead atoms. The molecule has 18 heteroatoms. The lowest BCUT2D eigenvalue weighted by Crippen LogP contribution is -2.11. The smallest absolute Gasteiger partial charge is 0.394 e. The summed E-state index contributed by atoms with van der Waals surface area (Å²) in [5, 5.41) is 0. The van der Waals surface area contributed by atoms with Gasteiger partial charge in [0.15, 0.2) is 8.57 Å². The van der Waals surface area contributed by atoms with Gasteiger partial charge in [0.25, 0.3) is 0 Å². The third-order valence-electron chi connectivity index (χ3n) is 3.73. The molecular weight excluding hydrogens is 1280 g/mol. The van der Waals surface area contributed by atoms with E-state index in [2.05, 4.69) is 191 Å². The molecule has 0 aromatic heterocycles. The molecule has 0 aliphatic heterocycles. The van der Waals surface area contributed by atoms with E-state index in [1.807, 2.05) is 12.1 Å².